The quantitative estimate of drug-likeness (QED) is 0.772. The van der Waals surface area contributed by atoms with Gasteiger partial charge in [0, 0.05) is 5.92 Å². The fraction of sp³-hybridized carbons (Fsp3) is 0.308. The van der Waals surface area contributed by atoms with Crippen molar-refractivity contribution in [3.63, 3.8) is 0 Å². The van der Waals surface area contributed by atoms with Crippen molar-refractivity contribution in [3.8, 4) is 0 Å². The summed E-state index contributed by atoms with van der Waals surface area (Å²) in [6.07, 6.45) is 2.84. The Morgan fingerprint density at radius 2 is 2.21 bits per heavy atom. The molecule has 0 unspecified atom stereocenters. The fourth-order valence-corrected chi connectivity index (χ4v) is 1.68. The average Bonchev–Trinajstić information content (AvgIpc) is 2.26. The van der Waals surface area contributed by atoms with Gasteiger partial charge in [0.25, 0.3) is 0 Å². The number of hydrogen-bond donors (Lipinski definition) is 1. The van der Waals surface area contributed by atoms with E-state index in [0.717, 1.165) is 23.5 Å². The molecule has 0 bridgehead atoms. The summed E-state index contributed by atoms with van der Waals surface area (Å²) < 4.78 is 0. The van der Waals surface area contributed by atoms with E-state index in [4.69, 9.17) is 5.11 Å². The van der Waals surface area contributed by atoms with Gasteiger partial charge < -0.3 is 5.11 Å². The predicted molar refractivity (Wildman–Crippen MR) is 61.0 cm³/mol. The first-order valence-corrected chi connectivity index (χ1v) is 4.92. The van der Waals surface area contributed by atoms with Crippen LogP contribution in [0.15, 0.2) is 24.8 Å². The lowest BCUT2D eigenvalue weighted by atomic mass is 9.91. The van der Waals surface area contributed by atoms with Gasteiger partial charge in [-0.05, 0) is 23.1 Å². The molecule has 1 heteroatoms. The van der Waals surface area contributed by atoms with E-state index in [0.29, 0.717) is 0 Å². The maximum Gasteiger partial charge on any atom is 0.0534 e. The molecule has 1 rings (SSSR count). The van der Waals surface area contributed by atoms with E-state index in [1.54, 1.807) is 0 Å². The van der Waals surface area contributed by atoms with Crippen molar-refractivity contribution in [1.82, 2.24) is 0 Å². The lowest BCUT2D eigenvalue weighted by Gasteiger charge is -2.15. The van der Waals surface area contributed by atoms with Gasteiger partial charge in [-0.1, -0.05) is 44.7 Å². The fourth-order valence-electron chi connectivity index (χ4n) is 1.68. The van der Waals surface area contributed by atoms with E-state index in [2.05, 4.69) is 25.6 Å². The minimum absolute atomic E-state index is 0.119. The second kappa shape index (κ2) is 4.97. The van der Waals surface area contributed by atoms with Gasteiger partial charge in [0.2, 0.25) is 0 Å². The summed E-state index contributed by atoms with van der Waals surface area (Å²) >= 11 is 0. The lowest BCUT2D eigenvalue weighted by molar-refractivity contribution is 0.314. The third kappa shape index (κ3) is 2.05. The Kier molecular flexibility index (Phi) is 3.90. The smallest absolute Gasteiger partial charge is 0.0534 e. The highest BCUT2D eigenvalue weighted by atomic mass is 16.3. The topological polar surface area (TPSA) is 20.2 Å². The van der Waals surface area contributed by atoms with E-state index in [1.807, 2.05) is 19.1 Å². The first-order valence-electron chi connectivity index (χ1n) is 4.92. The molecule has 0 atom stereocenters. The summed E-state index contributed by atoms with van der Waals surface area (Å²) in [6.45, 7) is 7.99. The Bertz CT molecular complexity index is 315. The van der Waals surface area contributed by atoms with E-state index in [-0.39, 0.29) is 6.61 Å². The van der Waals surface area contributed by atoms with Gasteiger partial charge in [-0.2, -0.15) is 0 Å². The van der Waals surface area contributed by atoms with Crippen molar-refractivity contribution in [1.29, 1.82) is 0 Å². The monoisotopic (exact) mass is 189 g/mol. The molecule has 1 radical (unpaired) electrons. The number of aliphatic hydroxyl groups is 1. The summed E-state index contributed by atoms with van der Waals surface area (Å²) in [6, 6.07) is 6.11. The zero-order valence-corrected chi connectivity index (χ0v) is 8.88. The highest BCUT2D eigenvalue weighted by molar-refractivity contribution is 5.56. The SMILES string of the molecule is C=Cc1cccc([C](C)CO)c1CC. The maximum absolute atomic E-state index is 9.11. The van der Waals surface area contributed by atoms with Crippen LogP contribution >= 0.6 is 0 Å². The molecular formula is C13H17O. The molecular weight excluding hydrogens is 172 g/mol. The molecule has 0 amide bonds. The molecule has 1 aromatic carbocycles. The Morgan fingerprint density at radius 1 is 1.50 bits per heavy atom. The molecule has 0 heterocycles. The third-order valence-electron chi connectivity index (χ3n) is 2.48. The van der Waals surface area contributed by atoms with Gasteiger partial charge in [0.05, 0.1) is 6.61 Å². The molecule has 0 aliphatic heterocycles. The molecule has 0 aliphatic rings. The lowest BCUT2D eigenvalue weighted by Crippen LogP contribution is -2.05. The Balaban J connectivity index is 3.21. The third-order valence-corrected chi connectivity index (χ3v) is 2.48. The molecule has 0 aliphatic carbocycles. The Hall–Kier alpha value is -1.08. The minimum Gasteiger partial charge on any atom is -0.395 e. The standard InChI is InChI=1S/C13H17O/c1-4-11-7-6-8-13(10(3)9-14)12(11)5-2/h4,6-8,14H,1,5,9H2,2-3H3. The zero-order chi connectivity index (χ0) is 10.6. The second-order valence-corrected chi connectivity index (χ2v) is 3.37. The maximum atomic E-state index is 9.11. The zero-order valence-electron chi connectivity index (χ0n) is 8.88. The minimum atomic E-state index is 0.119. The molecule has 1 aromatic rings. The number of hydrogen-bond acceptors (Lipinski definition) is 1. The molecule has 0 spiro atoms. The van der Waals surface area contributed by atoms with Gasteiger partial charge in [0.15, 0.2) is 0 Å². The van der Waals surface area contributed by atoms with E-state index in [1.165, 1.54) is 5.56 Å². The molecule has 1 N–H and O–H groups in total. The van der Waals surface area contributed by atoms with Crippen LogP contribution in [0.5, 0.6) is 0 Å². The van der Waals surface area contributed by atoms with Crippen LogP contribution in [0.2, 0.25) is 0 Å². The van der Waals surface area contributed by atoms with Crippen molar-refractivity contribution in [2.24, 2.45) is 0 Å². The highest BCUT2D eigenvalue weighted by Crippen LogP contribution is 2.23. The van der Waals surface area contributed by atoms with E-state index >= 15 is 0 Å². The normalized spacial score (nSPS) is 10.6. The largest absolute Gasteiger partial charge is 0.395 e. The Labute approximate surface area is 86.1 Å². The first kappa shape index (κ1) is 11.0. The number of rotatable bonds is 4. The second-order valence-electron chi connectivity index (χ2n) is 3.37. The summed E-state index contributed by atoms with van der Waals surface area (Å²) in [5, 5.41) is 9.11. The highest BCUT2D eigenvalue weighted by Gasteiger charge is 2.10. The van der Waals surface area contributed by atoms with Crippen molar-refractivity contribution >= 4 is 6.08 Å². The van der Waals surface area contributed by atoms with Crippen LogP contribution in [-0.2, 0) is 6.42 Å². The van der Waals surface area contributed by atoms with Crippen molar-refractivity contribution in [2.45, 2.75) is 20.3 Å². The average molecular weight is 189 g/mol. The van der Waals surface area contributed by atoms with Gasteiger partial charge >= 0.3 is 0 Å². The summed E-state index contributed by atoms with van der Waals surface area (Å²) in [4.78, 5) is 0. The van der Waals surface area contributed by atoms with Gasteiger partial charge in [-0.25, -0.2) is 0 Å². The molecule has 0 saturated heterocycles. The van der Waals surface area contributed by atoms with Gasteiger partial charge in [0.1, 0.15) is 0 Å². The van der Waals surface area contributed by atoms with Crippen LogP contribution in [0.4, 0.5) is 0 Å². The van der Waals surface area contributed by atoms with Gasteiger partial charge in [-0.3, -0.25) is 0 Å². The van der Waals surface area contributed by atoms with Crippen LogP contribution in [0, 0.1) is 5.92 Å². The number of aliphatic hydroxyl groups excluding tert-OH is 1. The van der Waals surface area contributed by atoms with E-state index < -0.39 is 0 Å². The molecule has 14 heavy (non-hydrogen) atoms. The van der Waals surface area contributed by atoms with Gasteiger partial charge in [-0.15, -0.1) is 0 Å². The van der Waals surface area contributed by atoms with Crippen LogP contribution in [0.1, 0.15) is 30.5 Å². The summed E-state index contributed by atoms with van der Waals surface area (Å²) in [5.74, 6) is 1.02. The van der Waals surface area contributed by atoms with Crippen LogP contribution in [0.3, 0.4) is 0 Å². The van der Waals surface area contributed by atoms with Crippen molar-refractivity contribution < 1.29 is 5.11 Å². The number of benzene rings is 1. The van der Waals surface area contributed by atoms with Crippen LogP contribution in [0.25, 0.3) is 6.08 Å². The molecule has 1 nitrogen and oxygen atoms in total. The summed E-state index contributed by atoms with van der Waals surface area (Å²) in [5.41, 5.74) is 3.60. The Morgan fingerprint density at radius 3 is 2.71 bits per heavy atom. The molecule has 0 aromatic heterocycles. The summed E-state index contributed by atoms with van der Waals surface area (Å²) in [7, 11) is 0. The van der Waals surface area contributed by atoms with E-state index in [9.17, 15) is 0 Å². The van der Waals surface area contributed by atoms with Crippen molar-refractivity contribution in [3.05, 3.63) is 47.4 Å². The van der Waals surface area contributed by atoms with Crippen molar-refractivity contribution in [2.75, 3.05) is 6.61 Å². The first-order chi connectivity index (χ1) is 6.74. The molecule has 0 fully saturated rings. The predicted octanol–water partition coefficient (Wildman–Crippen LogP) is 2.83. The van der Waals surface area contributed by atoms with Crippen LogP contribution in [-0.4, -0.2) is 11.7 Å². The molecule has 75 valence electrons. The molecule has 0 saturated carbocycles. The van der Waals surface area contributed by atoms with Crippen LogP contribution < -0.4 is 0 Å².